The summed E-state index contributed by atoms with van der Waals surface area (Å²) in [6.07, 6.45) is 4.46. The van der Waals surface area contributed by atoms with Crippen LogP contribution in [0.3, 0.4) is 0 Å². The lowest BCUT2D eigenvalue weighted by Crippen LogP contribution is -2.58. The predicted octanol–water partition coefficient (Wildman–Crippen LogP) is 2.01. The van der Waals surface area contributed by atoms with Crippen LogP contribution in [-0.4, -0.2) is 23.9 Å². The number of para-hydroxylation sites is 1. The zero-order chi connectivity index (χ0) is 15.3. The maximum absolute atomic E-state index is 12.0. The van der Waals surface area contributed by atoms with E-state index in [1.807, 2.05) is 24.3 Å². The molecule has 0 atom stereocenters. The van der Waals surface area contributed by atoms with Crippen molar-refractivity contribution in [1.29, 1.82) is 0 Å². The van der Waals surface area contributed by atoms with Crippen LogP contribution in [0.4, 0.5) is 5.69 Å². The third-order valence-corrected chi connectivity index (χ3v) is 4.85. The number of benzene rings is 1. The molecule has 0 aliphatic heterocycles. The number of anilines is 1. The molecule has 21 heavy (non-hydrogen) atoms. The molecular weight excluding hydrogens is 381 g/mol. The van der Waals surface area contributed by atoms with Gasteiger partial charge in [0.05, 0.1) is 17.8 Å². The van der Waals surface area contributed by atoms with Crippen molar-refractivity contribution in [1.82, 2.24) is 5.32 Å². The van der Waals surface area contributed by atoms with Gasteiger partial charge in [-0.15, -0.1) is 0 Å². The molecule has 0 radical (unpaired) electrons. The molecule has 4 N–H and O–H groups in total. The Hall–Kier alpha value is -1.15. The van der Waals surface area contributed by atoms with Gasteiger partial charge < -0.3 is 11.1 Å². The van der Waals surface area contributed by atoms with Gasteiger partial charge in [0.15, 0.2) is 0 Å². The van der Waals surface area contributed by atoms with Crippen LogP contribution < -0.4 is 16.4 Å². The van der Waals surface area contributed by atoms with Gasteiger partial charge in [0.25, 0.3) is 0 Å². The maximum atomic E-state index is 12.0. The van der Waals surface area contributed by atoms with Crippen LogP contribution in [-0.2, 0) is 9.59 Å². The molecule has 0 heterocycles. The van der Waals surface area contributed by atoms with Crippen molar-refractivity contribution in [2.24, 2.45) is 5.73 Å². The monoisotopic (exact) mass is 401 g/mol. The van der Waals surface area contributed by atoms with Gasteiger partial charge in [0.1, 0.15) is 0 Å². The number of carbonyl (C=O) groups is 2. The smallest absolute Gasteiger partial charge is 0.238 e. The zero-order valence-corrected chi connectivity index (χ0v) is 14.0. The average Bonchev–Trinajstić information content (AvgIpc) is 2.48. The Balaban J connectivity index is 1.93. The Morgan fingerprint density at radius 3 is 2.48 bits per heavy atom. The van der Waals surface area contributed by atoms with E-state index in [0.717, 1.165) is 28.5 Å². The first-order valence-electron chi connectivity index (χ1n) is 7.13. The van der Waals surface area contributed by atoms with Crippen LogP contribution in [0, 0.1) is 3.57 Å². The van der Waals surface area contributed by atoms with Crippen molar-refractivity contribution in [2.45, 2.75) is 37.6 Å². The summed E-state index contributed by atoms with van der Waals surface area (Å²) in [6.45, 7) is 0.0912. The second-order valence-electron chi connectivity index (χ2n) is 5.39. The summed E-state index contributed by atoms with van der Waals surface area (Å²) in [4.78, 5) is 23.8. The first-order chi connectivity index (χ1) is 10.0. The van der Waals surface area contributed by atoms with Crippen LogP contribution in [0.5, 0.6) is 0 Å². The topological polar surface area (TPSA) is 84.2 Å². The van der Waals surface area contributed by atoms with Gasteiger partial charge in [-0.05, 0) is 47.6 Å². The van der Waals surface area contributed by atoms with Gasteiger partial charge in [-0.2, -0.15) is 0 Å². The largest absolute Gasteiger partial charge is 0.368 e. The highest BCUT2D eigenvalue weighted by Crippen LogP contribution is 2.27. The SMILES string of the molecule is NC(=O)C1(NCC(=O)Nc2ccccc2I)CCCCC1. The standard InChI is InChI=1S/C15H20IN3O2/c16-11-6-2-3-7-12(11)19-13(20)10-18-15(14(17)21)8-4-1-5-9-15/h2-3,6-7,18H,1,4-5,8-10H2,(H2,17,21)(H,19,20). The molecule has 2 amide bonds. The Morgan fingerprint density at radius 2 is 1.86 bits per heavy atom. The number of hydrogen-bond donors (Lipinski definition) is 3. The second kappa shape index (κ2) is 7.22. The summed E-state index contributed by atoms with van der Waals surface area (Å²) in [6, 6.07) is 7.57. The summed E-state index contributed by atoms with van der Waals surface area (Å²) < 4.78 is 0.978. The van der Waals surface area contributed by atoms with Gasteiger partial charge in [-0.3, -0.25) is 14.9 Å². The highest BCUT2D eigenvalue weighted by Gasteiger charge is 2.37. The normalized spacial score (nSPS) is 17.2. The molecule has 2 rings (SSSR count). The number of nitrogens with one attached hydrogen (secondary N) is 2. The highest BCUT2D eigenvalue weighted by atomic mass is 127. The number of carbonyl (C=O) groups excluding carboxylic acids is 2. The lowest BCUT2D eigenvalue weighted by atomic mass is 9.81. The fraction of sp³-hybridized carbons (Fsp3) is 0.467. The molecular formula is C15H20IN3O2. The Morgan fingerprint density at radius 1 is 1.19 bits per heavy atom. The molecule has 0 unspecified atom stereocenters. The van der Waals surface area contributed by atoms with Gasteiger partial charge in [-0.25, -0.2) is 0 Å². The van der Waals surface area contributed by atoms with Crippen molar-refractivity contribution < 1.29 is 9.59 Å². The molecule has 1 aliphatic rings. The molecule has 114 valence electrons. The quantitative estimate of drug-likeness (QED) is 0.660. The highest BCUT2D eigenvalue weighted by molar-refractivity contribution is 14.1. The van der Waals surface area contributed by atoms with E-state index in [4.69, 9.17) is 5.73 Å². The van der Waals surface area contributed by atoms with Crippen molar-refractivity contribution in [3.63, 3.8) is 0 Å². The van der Waals surface area contributed by atoms with Crippen LogP contribution in [0.1, 0.15) is 32.1 Å². The number of primary amides is 1. The summed E-state index contributed by atoms with van der Waals surface area (Å²) in [5, 5.41) is 5.93. The van der Waals surface area contributed by atoms with Gasteiger partial charge in [0, 0.05) is 3.57 Å². The fourth-order valence-electron chi connectivity index (χ4n) is 2.67. The van der Waals surface area contributed by atoms with E-state index in [-0.39, 0.29) is 18.4 Å². The van der Waals surface area contributed by atoms with Crippen LogP contribution in [0.25, 0.3) is 0 Å². The number of nitrogens with two attached hydrogens (primary N) is 1. The Labute approximate surface area is 138 Å². The van der Waals surface area contributed by atoms with E-state index in [1.165, 1.54) is 0 Å². The minimum atomic E-state index is -0.723. The number of rotatable bonds is 5. The van der Waals surface area contributed by atoms with E-state index in [1.54, 1.807) is 0 Å². The van der Waals surface area contributed by atoms with Gasteiger partial charge in [0.2, 0.25) is 11.8 Å². The molecule has 1 fully saturated rings. The second-order valence-corrected chi connectivity index (χ2v) is 6.55. The molecule has 0 aromatic heterocycles. The molecule has 0 spiro atoms. The van der Waals surface area contributed by atoms with Crippen molar-refractivity contribution >= 4 is 40.1 Å². The minimum Gasteiger partial charge on any atom is -0.368 e. The molecule has 1 aliphatic carbocycles. The lowest BCUT2D eigenvalue weighted by molar-refractivity contribution is -0.126. The molecule has 0 bridgehead atoms. The first-order valence-corrected chi connectivity index (χ1v) is 8.21. The van der Waals surface area contributed by atoms with Gasteiger partial charge in [-0.1, -0.05) is 31.4 Å². The molecule has 0 saturated heterocycles. The van der Waals surface area contributed by atoms with E-state index in [2.05, 4.69) is 33.2 Å². The van der Waals surface area contributed by atoms with E-state index in [0.29, 0.717) is 12.8 Å². The van der Waals surface area contributed by atoms with Gasteiger partial charge >= 0.3 is 0 Å². The van der Waals surface area contributed by atoms with E-state index in [9.17, 15) is 9.59 Å². The molecule has 1 aromatic carbocycles. The Kier molecular flexibility index (Phi) is 5.58. The van der Waals surface area contributed by atoms with E-state index < -0.39 is 5.54 Å². The van der Waals surface area contributed by atoms with Crippen molar-refractivity contribution in [2.75, 3.05) is 11.9 Å². The summed E-state index contributed by atoms with van der Waals surface area (Å²) in [5.74, 6) is -0.519. The first kappa shape index (κ1) is 16.2. The van der Waals surface area contributed by atoms with E-state index >= 15 is 0 Å². The van der Waals surface area contributed by atoms with Crippen LogP contribution in [0.2, 0.25) is 0 Å². The molecule has 6 heteroatoms. The van der Waals surface area contributed by atoms with Crippen molar-refractivity contribution in [3.05, 3.63) is 27.8 Å². The molecule has 1 saturated carbocycles. The Bertz CT molecular complexity index is 527. The summed E-state index contributed by atoms with van der Waals surface area (Å²) in [7, 11) is 0. The zero-order valence-electron chi connectivity index (χ0n) is 11.8. The number of amides is 2. The van der Waals surface area contributed by atoms with Crippen LogP contribution >= 0.6 is 22.6 Å². The summed E-state index contributed by atoms with van der Waals surface area (Å²) in [5.41, 5.74) is 5.59. The fourth-order valence-corrected chi connectivity index (χ4v) is 3.19. The van der Waals surface area contributed by atoms with Crippen LogP contribution in [0.15, 0.2) is 24.3 Å². The number of halogens is 1. The molecule has 5 nitrogen and oxygen atoms in total. The maximum Gasteiger partial charge on any atom is 0.238 e. The third-order valence-electron chi connectivity index (χ3n) is 3.91. The minimum absolute atomic E-state index is 0.0912. The predicted molar refractivity (Wildman–Crippen MR) is 90.8 cm³/mol. The third kappa shape index (κ3) is 4.16. The summed E-state index contributed by atoms with van der Waals surface area (Å²) >= 11 is 2.17. The average molecular weight is 401 g/mol. The number of hydrogen-bond acceptors (Lipinski definition) is 3. The lowest BCUT2D eigenvalue weighted by Gasteiger charge is -2.35. The molecule has 1 aromatic rings. The van der Waals surface area contributed by atoms with Crippen molar-refractivity contribution in [3.8, 4) is 0 Å².